The van der Waals surface area contributed by atoms with E-state index in [2.05, 4.69) is 5.32 Å². The van der Waals surface area contributed by atoms with Crippen LogP contribution in [0.25, 0.3) is 0 Å². The standard InChI is InChI=1S/C24H21ClN4O5/c1-11-8-14-20(15(25)9-11)26-23(32)24(14)19-18(17-4-3-7-27(17)24)21(30)28(22(19)31)16-6-5-13(29(33)34)10-12(16)2/h5-6,8-10,17-19H,3-4,7H2,1-2H3,(H,26,32)/t17-,18-,19+,24-/m1/s1. The first-order chi connectivity index (χ1) is 16.2. The molecule has 0 saturated carbocycles. The SMILES string of the molecule is Cc1cc(Cl)c2c(c1)[C@]1(C(=O)N2)[C@@H]2C(=O)N(c3ccc([N+](=O)[O-])cc3C)C(=O)[C@@H]2[C@H]2CCCN21. The number of nitrogens with zero attached hydrogens (tertiary/aromatic N) is 3. The minimum Gasteiger partial charge on any atom is -0.323 e. The lowest BCUT2D eigenvalue weighted by atomic mass is 9.75. The second-order valence-corrected chi connectivity index (χ2v) is 9.94. The first kappa shape index (κ1) is 21.2. The molecule has 34 heavy (non-hydrogen) atoms. The third kappa shape index (κ3) is 2.40. The topological polar surface area (TPSA) is 113 Å². The quantitative estimate of drug-likeness (QED) is 0.401. The number of carbonyl (C=O) groups is 3. The summed E-state index contributed by atoms with van der Waals surface area (Å²) in [5.41, 5.74) is 1.33. The Morgan fingerprint density at radius 1 is 1.15 bits per heavy atom. The van der Waals surface area contributed by atoms with Crippen LogP contribution in [-0.2, 0) is 19.9 Å². The highest BCUT2D eigenvalue weighted by atomic mass is 35.5. The van der Waals surface area contributed by atoms with Crippen LogP contribution in [0.4, 0.5) is 17.1 Å². The predicted molar refractivity (Wildman–Crippen MR) is 124 cm³/mol. The molecular weight excluding hydrogens is 460 g/mol. The molecular formula is C24H21ClN4O5. The molecule has 0 aromatic heterocycles. The van der Waals surface area contributed by atoms with Crippen molar-refractivity contribution in [1.29, 1.82) is 0 Å². The predicted octanol–water partition coefficient (Wildman–Crippen LogP) is 3.30. The molecule has 9 nitrogen and oxygen atoms in total. The monoisotopic (exact) mass is 480 g/mol. The number of carbonyl (C=O) groups excluding carboxylic acids is 3. The molecule has 2 aromatic carbocycles. The van der Waals surface area contributed by atoms with E-state index in [4.69, 9.17) is 11.6 Å². The summed E-state index contributed by atoms with van der Waals surface area (Å²) in [7, 11) is 0. The van der Waals surface area contributed by atoms with Crippen molar-refractivity contribution in [2.45, 2.75) is 38.3 Å². The summed E-state index contributed by atoms with van der Waals surface area (Å²) < 4.78 is 0. The first-order valence-corrected chi connectivity index (χ1v) is 11.6. The minimum atomic E-state index is -1.31. The molecule has 3 amide bonds. The number of nitro benzene ring substituents is 1. The van der Waals surface area contributed by atoms with Crippen LogP contribution in [0.15, 0.2) is 30.3 Å². The van der Waals surface area contributed by atoms with Crippen molar-refractivity contribution in [1.82, 2.24) is 4.90 Å². The van der Waals surface area contributed by atoms with E-state index in [-0.39, 0.29) is 23.5 Å². The number of anilines is 2. The second-order valence-electron chi connectivity index (χ2n) is 9.54. The first-order valence-electron chi connectivity index (χ1n) is 11.2. The number of nitrogens with one attached hydrogen (secondary N) is 1. The maximum atomic E-state index is 14.0. The molecule has 1 N–H and O–H groups in total. The minimum absolute atomic E-state index is 0.117. The highest BCUT2D eigenvalue weighted by molar-refractivity contribution is 6.35. The van der Waals surface area contributed by atoms with Crippen molar-refractivity contribution in [3.63, 3.8) is 0 Å². The third-order valence-corrected chi connectivity index (χ3v) is 8.13. The second kappa shape index (κ2) is 6.86. The van der Waals surface area contributed by atoms with Gasteiger partial charge < -0.3 is 5.32 Å². The van der Waals surface area contributed by atoms with Gasteiger partial charge in [-0.2, -0.15) is 0 Å². The Hall–Kier alpha value is -3.30. The van der Waals surface area contributed by atoms with Gasteiger partial charge in [0.1, 0.15) is 5.54 Å². The summed E-state index contributed by atoms with van der Waals surface area (Å²) in [5, 5.41) is 14.5. The zero-order chi connectivity index (χ0) is 24.1. The summed E-state index contributed by atoms with van der Waals surface area (Å²) >= 11 is 6.49. The van der Waals surface area contributed by atoms with Crippen LogP contribution >= 0.6 is 11.6 Å². The number of nitro groups is 1. The fourth-order valence-corrected chi connectivity index (χ4v) is 6.96. The Balaban J connectivity index is 1.54. The van der Waals surface area contributed by atoms with Crippen molar-refractivity contribution in [2.75, 3.05) is 16.8 Å². The summed E-state index contributed by atoms with van der Waals surface area (Å²) in [6.07, 6.45) is 1.52. The zero-order valence-corrected chi connectivity index (χ0v) is 19.3. The lowest BCUT2D eigenvalue weighted by Gasteiger charge is -2.37. The van der Waals surface area contributed by atoms with E-state index in [0.29, 0.717) is 40.5 Å². The Morgan fingerprint density at radius 2 is 1.91 bits per heavy atom. The molecule has 1 spiro atoms. The Labute approximate surface area is 199 Å². The Bertz CT molecular complexity index is 1340. The number of hydrogen-bond donors (Lipinski definition) is 1. The fraction of sp³-hybridized carbons (Fsp3) is 0.375. The summed E-state index contributed by atoms with van der Waals surface area (Å²) in [5.74, 6) is -2.74. The number of hydrogen-bond acceptors (Lipinski definition) is 6. The van der Waals surface area contributed by atoms with Gasteiger partial charge >= 0.3 is 0 Å². The zero-order valence-electron chi connectivity index (χ0n) is 18.5. The smallest absolute Gasteiger partial charge is 0.269 e. The van der Waals surface area contributed by atoms with Crippen LogP contribution < -0.4 is 10.2 Å². The average molecular weight is 481 g/mol. The van der Waals surface area contributed by atoms with Crippen molar-refractivity contribution in [3.8, 4) is 0 Å². The molecule has 4 heterocycles. The fourth-order valence-electron chi connectivity index (χ4n) is 6.64. The molecule has 0 unspecified atom stereocenters. The van der Waals surface area contributed by atoms with Gasteiger partial charge in [-0.05, 0) is 56.5 Å². The van der Waals surface area contributed by atoms with Gasteiger partial charge in [-0.15, -0.1) is 0 Å². The van der Waals surface area contributed by atoms with Gasteiger partial charge in [-0.3, -0.25) is 29.4 Å². The van der Waals surface area contributed by atoms with Gasteiger partial charge in [0, 0.05) is 23.7 Å². The maximum Gasteiger partial charge on any atom is 0.269 e. The molecule has 4 aliphatic heterocycles. The summed E-state index contributed by atoms with van der Waals surface area (Å²) in [6.45, 7) is 4.12. The summed E-state index contributed by atoms with van der Waals surface area (Å²) in [4.78, 5) is 55.4. The van der Waals surface area contributed by atoms with E-state index in [9.17, 15) is 24.5 Å². The molecule has 10 heteroatoms. The Kier molecular flexibility index (Phi) is 4.29. The van der Waals surface area contributed by atoms with E-state index in [0.717, 1.165) is 16.9 Å². The number of aryl methyl sites for hydroxylation is 2. The van der Waals surface area contributed by atoms with Crippen LogP contribution in [-0.4, -0.2) is 40.1 Å². The molecule has 0 radical (unpaired) electrons. The third-order valence-electron chi connectivity index (χ3n) is 7.83. The summed E-state index contributed by atoms with van der Waals surface area (Å²) in [6, 6.07) is 7.47. The highest BCUT2D eigenvalue weighted by Gasteiger charge is 2.74. The van der Waals surface area contributed by atoms with E-state index < -0.39 is 28.2 Å². The largest absolute Gasteiger partial charge is 0.323 e. The van der Waals surface area contributed by atoms with Crippen LogP contribution in [0.5, 0.6) is 0 Å². The van der Waals surface area contributed by atoms with Crippen LogP contribution in [0, 0.1) is 35.8 Å². The van der Waals surface area contributed by atoms with Gasteiger partial charge in [0.15, 0.2) is 0 Å². The molecule has 4 aliphatic rings. The normalized spacial score (nSPS) is 29.6. The van der Waals surface area contributed by atoms with Gasteiger partial charge in [0.2, 0.25) is 11.8 Å². The number of halogens is 1. The number of amides is 3. The van der Waals surface area contributed by atoms with Crippen molar-refractivity contribution < 1.29 is 19.3 Å². The van der Waals surface area contributed by atoms with E-state index >= 15 is 0 Å². The molecule has 6 rings (SSSR count). The van der Waals surface area contributed by atoms with E-state index in [1.54, 1.807) is 13.0 Å². The van der Waals surface area contributed by atoms with Crippen molar-refractivity contribution >= 4 is 46.4 Å². The van der Waals surface area contributed by atoms with E-state index in [1.807, 2.05) is 17.9 Å². The highest BCUT2D eigenvalue weighted by Crippen LogP contribution is 2.61. The average Bonchev–Trinajstić information content (AvgIpc) is 3.48. The molecule has 0 bridgehead atoms. The lowest BCUT2D eigenvalue weighted by molar-refractivity contribution is -0.384. The molecule has 0 aliphatic carbocycles. The van der Waals surface area contributed by atoms with Crippen molar-refractivity contribution in [2.24, 2.45) is 11.8 Å². The molecule has 174 valence electrons. The number of fused-ring (bicyclic) bond motifs is 7. The van der Waals surface area contributed by atoms with Gasteiger partial charge in [-0.1, -0.05) is 17.7 Å². The van der Waals surface area contributed by atoms with Gasteiger partial charge in [0.05, 0.1) is 33.2 Å². The van der Waals surface area contributed by atoms with Gasteiger partial charge in [-0.25, -0.2) is 4.90 Å². The molecule has 3 fully saturated rings. The van der Waals surface area contributed by atoms with E-state index in [1.165, 1.54) is 18.2 Å². The van der Waals surface area contributed by atoms with Crippen molar-refractivity contribution in [3.05, 3.63) is 62.2 Å². The molecule has 4 atom stereocenters. The number of rotatable bonds is 2. The number of non-ortho nitro benzene ring substituents is 1. The molecule has 2 aromatic rings. The molecule has 3 saturated heterocycles. The van der Waals surface area contributed by atoms with Crippen LogP contribution in [0.2, 0.25) is 5.02 Å². The Morgan fingerprint density at radius 3 is 2.62 bits per heavy atom. The van der Waals surface area contributed by atoms with Crippen LogP contribution in [0.1, 0.15) is 29.5 Å². The lowest BCUT2D eigenvalue weighted by Crippen LogP contribution is -2.54. The number of benzene rings is 2. The maximum absolute atomic E-state index is 14.0. The number of imide groups is 1. The van der Waals surface area contributed by atoms with Gasteiger partial charge in [0.25, 0.3) is 11.6 Å². The van der Waals surface area contributed by atoms with Crippen LogP contribution in [0.3, 0.4) is 0 Å².